The fourth-order valence-corrected chi connectivity index (χ4v) is 1.41. The molecule has 0 saturated heterocycles. The SMILES string of the molecule is C=CCCCOC(CCC)CNC(C)C. The van der Waals surface area contributed by atoms with E-state index in [0.29, 0.717) is 12.1 Å². The molecule has 0 aliphatic carbocycles. The van der Waals surface area contributed by atoms with E-state index in [-0.39, 0.29) is 0 Å². The van der Waals surface area contributed by atoms with Crippen molar-refractivity contribution in [3.63, 3.8) is 0 Å². The highest BCUT2D eigenvalue weighted by molar-refractivity contribution is 4.67. The van der Waals surface area contributed by atoms with Crippen LogP contribution in [0, 0.1) is 0 Å². The number of ether oxygens (including phenoxy) is 1. The molecule has 0 saturated carbocycles. The molecule has 1 unspecified atom stereocenters. The van der Waals surface area contributed by atoms with E-state index < -0.39 is 0 Å². The maximum atomic E-state index is 5.82. The molecule has 1 atom stereocenters. The second-order valence-electron chi connectivity index (χ2n) is 4.28. The predicted octanol–water partition coefficient (Wildman–Crippen LogP) is 3.14. The van der Waals surface area contributed by atoms with E-state index in [2.05, 4.69) is 32.7 Å². The number of unbranched alkanes of at least 4 members (excludes halogenated alkanes) is 1. The number of nitrogens with one attached hydrogen (secondary N) is 1. The zero-order chi connectivity index (χ0) is 11.5. The molecule has 0 rings (SSSR count). The molecular formula is C13H27NO. The third-order valence-electron chi connectivity index (χ3n) is 2.27. The molecule has 0 aromatic rings. The molecule has 0 aromatic heterocycles. The van der Waals surface area contributed by atoms with Crippen LogP contribution in [0.15, 0.2) is 12.7 Å². The third-order valence-corrected chi connectivity index (χ3v) is 2.27. The smallest absolute Gasteiger partial charge is 0.0699 e. The Bertz CT molecular complexity index is 145. The van der Waals surface area contributed by atoms with Gasteiger partial charge in [-0.1, -0.05) is 33.3 Å². The van der Waals surface area contributed by atoms with Crippen molar-refractivity contribution >= 4 is 0 Å². The molecule has 1 N–H and O–H groups in total. The largest absolute Gasteiger partial charge is 0.377 e. The van der Waals surface area contributed by atoms with Crippen molar-refractivity contribution in [1.82, 2.24) is 5.32 Å². The van der Waals surface area contributed by atoms with Crippen molar-refractivity contribution in [2.45, 2.75) is 58.6 Å². The molecule has 0 aliphatic rings. The Kier molecular flexibility index (Phi) is 9.96. The van der Waals surface area contributed by atoms with E-state index in [1.54, 1.807) is 0 Å². The summed E-state index contributed by atoms with van der Waals surface area (Å²) < 4.78 is 5.82. The summed E-state index contributed by atoms with van der Waals surface area (Å²) in [4.78, 5) is 0. The maximum Gasteiger partial charge on any atom is 0.0699 e. The van der Waals surface area contributed by atoms with Gasteiger partial charge in [-0.05, 0) is 19.3 Å². The first-order chi connectivity index (χ1) is 7.20. The Balaban J connectivity index is 3.57. The predicted molar refractivity (Wildman–Crippen MR) is 67.2 cm³/mol. The summed E-state index contributed by atoms with van der Waals surface area (Å²) in [6.07, 6.45) is 6.80. The van der Waals surface area contributed by atoms with Crippen LogP contribution in [0.2, 0.25) is 0 Å². The molecule has 0 radical (unpaired) electrons. The third kappa shape index (κ3) is 9.95. The maximum absolute atomic E-state index is 5.82. The average Bonchev–Trinajstić information content (AvgIpc) is 2.20. The minimum atomic E-state index is 0.377. The second kappa shape index (κ2) is 10.2. The molecule has 0 aliphatic heterocycles. The standard InChI is InChI=1S/C13H27NO/c1-5-7-8-10-15-13(9-6-2)11-14-12(3)4/h5,12-14H,1,6-11H2,2-4H3. The lowest BCUT2D eigenvalue weighted by molar-refractivity contribution is 0.0447. The fraction of sp³-hybridized carbons (Fsp3) is 0.846. The lowest BCUT2D eigenvalue weighted by atomic mass is 10.2. The number of hydrogen-bond acceptors (Lipinski definition) is 2. The van der Waals surface area contributed by atoms with Gasteiger partial charge in [-0.25, -0.2) is 0 Å². The molecule has 0 spiro atoms. The summed E-state index contributed by atoms with van der Waals surface area (Å²) in [5.41, 5.74) is 0. The van der Waals surface area contributed by atoms with Crippen molar-refractivity contribution in [3.8, 4) is 0 Å². The Morgan fingerprint density at radius 2 is 2.13 bits per heavy atom. The van der Waals surface area contributed by atoms with E-state index in [4.69, 9.17) is 4.74 Å². The van der Waals surface area contributed by atoms with Crippen LogP contribution < -0.4 is 5.32 Å². The van der Waals surface area contributed by atoms with E-state index in [1.807, 2.05) is 6.08 Å². The molecule has 2 nitrogen and oxygen atoms in total. The van der Waals surface area contributed by atoms with Crippen LogP contribution in [-0.2, 0) is 4.74 Å². The summed E-state index contributed by atoms with van der Waals surface area (Å²) in [5.74, 6) is 0. The van der Waals surface area contributed by atoms with Crippen LogP contribution in [0.5, 0.6) is 0 Å². The molecule has 15 heavy (non-hydrogen) atoms. The summed E-state index contributed by atoms with van der Waals surface area (Å²) in [6.45, 7) is 12.1. The van der Waals surface area contributed by atoms with Crippen LogP contribution in [0.3, 0.4) is 0 Å². The summed E-state index contributed by atoms with van der Waals surface area (Å²) >= 11 is 0. The topological polar surface area (TPSA) is 21.3 Å². The molecule has 0 amide bonds. The molecule has 0 aromatic carbocycles. The molecule has 90 valence electrons. The Morgan fingerprint density at radius 1 is 1.40 bits per heavy atom. The van der Waals surface area contributed by atoms with Crippen LogP contribution in [0.25, 0.3) is 0 Å². The van der Waals surface area contributed by atoms with Crippen LogP contribution in [0.4, 0.5) is 0 Å². The summed E-state index contributed by atoms with van der Waals surface area (Å²) in [7, 11) is 0. The Hall–Kier alpha value is -0.340. The van der Waals surface area contributed by atoms with Crippen LogP contribution in [0.1, 0.15) is 46.5 Å². The quantitative estimate of drug-likeness (QED) is 0.444. The van der Waals surface area contributed by atoms with Crippen molar-refractivity contribution in [3.05, 3.63) is 12.7 Å². The normalized spacial score (nSPS) is 13.1. The van der Waals surface area contributed by atoms with Gasteiger partial charge in [0.1, 0.15) is 0 Å². The van der Waals surface area contributed by atoms with Gasteiger partial charge in [-0.2, -0.15) is 0 Å². The number of rotatable bonds is 10. The van der Waals surface area contributed by atoms with Crippen molar-refractivity contribution in [1.29, 1.82) is 0 Å². The van der Waals surface area contributed by atoms with Gasteiger partial charge in [-0.15, -0.1) is 6.58 Å². The first-order valence-electron chi connectivity index (χ1n) is 6.16. The van der Waals surface area contributed by atoms with Crippen LogP contribution in [-0.4, -0.2) is 25.3 Å². The zero-order valence-electron chi connectivity index (χ0n) is 10.6. The molecular weight excluding hydrogens is 186 g/mol. The van der Waals surface area contributed by atoms with Crippen molar-refractivity contribution in [2.75, 3.05) is 13.2 Å². The first-order valence-corrected chi connectivity index (χ1v) is 6.16. The molecule has 0 fully saturated rings. The van der Waals surface area contributed by atoms with Gasteiger partial charge in [0.2, 0.25) is 0 Å². The van der Waals surface area contributed by atoms with Crippen LogP contribution >= 0.6 is 0 Å². The highest BCUT2D eigenvalue weighted by Crippen LogP contribution is 2.03. The summed E-state index contributed by atoms with van der Waals surface area (Å²) in [6, 6.07) is 0.543. The molecule has 0 bridgehead atoms. The summed E-state index contributed by atoms with van der Waals surface area (Å²) in [5, 5.41) is 3.43. The average molecular weight is 213 g/mol. The van der Waals surface area contributed by atoms with Gasteiger partial charge in [0, 0.05) is 19.2 Å². The molecule has 0 heterocycles. The minimum absolute atomic E-state index is 0.377. The van der Waals surface area contributed by atoms with Gasteiger partial charge in [0.15, 0.2) is 0 Å². The van der Waals surface area contributed by atoms with E-state index in [9.17, 15) is 0 Å². The lowest BCUT2D eigenvalue weighted by Crippen LogP contribution is -2.33. The Labute approximate surface area is 95.1 Å². The highest BCUT2D eigenvalue weighted by Gasteiger charge is 2.07. The van der Waals surface area contributed by atoms with Gasteiger partial charge < -0.3 is 10.1 Å². The minimum Gasteiger partial charge on any atom is -0.377 e. The highest BCUT2D eigenvalue weighted by atomic mass is 16.5. The monoisotopic (exact) mass is 213 g/mol. The fourth-order valence-electron chi connectivity index (χ4n) is 1.41. The zero-order valence-corrected chi connectivity index (χ0v) is 10.6. The molecule has 2 heteroatoms. The van der Waals surface area contributed by atoms with Gasteiger partial charge in [0.05, 0.1) is 6.10 Å². The van der Waals surface area contributed by atoms with E-state index >= 15 is 0 Å². The van der Waals surface area contributed by atoms with Crippen molar-refractivity contribution < 1.29 is 4.74 Å². The van der Waals surface area contributed by atoms with E-state index in [0.717, 1.165) is 32.4 Å². The van der Waals surface area contributed by atoms with E-state index in [1.165, 1.54) is 6.42 Å². The second-order valence-corrected chi connectivity index (χ2v) is 4.28. The number of allylic oxidation sites excluding steroid dienone is 1. The number of hydrogen-bond donors (Lipinski definition) is 1. The Morgan fingerprint density at radius 3 is 2.67 bits per heavy atom. The lowest BCUT2D eigenvalue weighted by Gasteiger charge is -2.19. The van der Waals surface area contributed by atoms with Crippen molar-refractivity contribution in [2.24, 2.45) is 0 Å². The van der Waals surface area contributed by atoms with Gasteiger partial charge in [0.25, 0.3) is 0 Å². The van der Waals surface area contributed by atoms with Gasteiger partial charge >= 0.3 is 0 Å². The van der Waals surface area contributed by atoms with Gasteiger partial charge in [-0.3, -0.25) is 0 Å². The first kappa shape index (κ1) is 14.7.